The first-order chi connectivity index (χ1) is 14.5. The third-order valence-corrected chi connectivity index (χ3v) is 5.14. The number of nitriles is 1. The van der Waals surface area contributed by atoms with Gasteiger partial charge in [0.05, 0.1) is 16.6 Å². The van der Waals surface area contributed by atoms with Crippen molar-refractivity contribution in [1.29, 1.82) is 5.26 Å². The number of imidazole rings is 1. The number of rotatable bonds is 5. The molecule has 0 atom stereocenters. The van der Waals surface area contributed by atoms with E-state index in [0.717, 1.165) is 10.0 Å². The highest BCUT2D eigenvalue weighted by Crippen LogP contribution is 2.29. The number of aromatic amines is 1. The Balaban J connectivity index is 1.67. The third kappa shape index (κ3) is 4.54. The summed E-state index contributed by atoms with van der Waals surface area (Å²) >= 11 is 9.38. The van der Waals surface area contributed by atoms with Crippen LogP contribution in [0.15, 0.2) is 65.1 Å². The van der Waals surface area contributed by atoms with E-state index in [1.807, 2.05) is 30.3 Å². The highest BCUT2D eigenvalue weighted by Gasteiger charge is 2.11. The van der Waals surface area contributed by atoms with Crippen molar-refractivity contribution in [3.05, 3.63) is 92.9 Å². The van der Waals surface area contributed by atoms with Gasteiger partial charge in [0, 0.05) is 15.1 Å². The van der Waals surface area contributed by atoms with Gasteiger partial charge in [0.15, 0.2) is 0 Å². The fraction of sp³-hybridized carbons (Fsp3) is 0.0435. The quantitative estimate of drug-likeness (QED) is 0.320. The van der Waals surface area contributed by atoms with Gasteiger partial charge in [-0.05, 0) is 60.2 Å². The maximum Gasteiger partial charge on any atom is 0.149 e. The summed E-state index contributed by atoms with van der Waals surface area (Å²) in [5.41, 5.74) is 3.10. The normalized spacial score (nSPS) is 11.5. The molecule has 0 aliphatic rings. The van der Waals surface area contributed by atoms with Crippen LogP contribution in [-0.4, -0.2) is 9.97 Å². The lowest BCUT2D eigenvalue weighted by Crippen LogP contribution is -1.97. The average molecular weight is 483 g/mol. The Bertz CT molecular complexity index is 1290. The SMILES string of the molecule is N#C/C(=C/c1cc(Br)ccc1OCc1ccc(Cl)cc1)c1nc2ccc(F)cc2[nH]1. The molecule has 0 aliphatic heterocycles. The Morgan fingerprint density at radius 2 is 1.97 bits per heavy atom. The van der Waals surface area contributed by atoms with Crippen LogP contribution in [-0.2, 0) is 6.61 Å². The largest absolute Gasteiger partial charge is 0.488 e. The van der Waals surface area contributed by atoms with Crippen LogP contribution in [0.3, 0.4) is 0 Å². The number of aromatic nitrogens is 2. The van der Waals surface area contributed by atoms with Gasteiger partial charge in [0.2, 0.25) is 0 Å². The van der Waals surface area contributed by atoms with E-state index in [1.54, 1.807) is 24.3 Å². The number of nitrogens with zero attached hydrogens (tertiary/aromatic N) is 2. The molecular weight excluding hydrogens is 469 g/mol. The van der Waals surface area contributed by atoms with E-state index in [9.17, 15) is 9.65 Å². The second-order valence-electron chi connectivity index (χ2n) is 6.51. The van der Waals surface area contributed by atoms with Gasteiger partial charge in [-0.3, -0.25) is 0 Å². The van der Waals surface area contributed by atoms with Crippen molar-refractivity contribution < 1.29 is 9.13 Å². The Morgan fingerprint density at radius 3 is 2.73 bits per heavy atom. The molecule has 4 aromatic rings. The van der Waals surface area contributed by atoms with E-state index in [4.69, 9.17) is 16.3 Å². The minimum atomic E-state index is -0.370. The molecule has 0 amide bonds. The van der Waals surface area contributed by atoms with Gasteiger partial charge in [-0.1, -0.05) is 39.7 Å². The Kier molecular flexibility index (Phi) is 5.84. The standard InChI is InChI=1S/C23H14BrClFN3O/c24-17-3-8-22(30-13-14-1-4-18(25)5-2-14)15(10-17)9-16(12-27)23-28-20-7-6-19(26)11-21(20)29-23/h1-11H,13H2,(H,28,29)/b16-9-. The molecule has 4 nitrogen and oxygen atoms in total. The molecule has 0 spiro atoms. The van der Waals surface area contributed by atoms with Gasteiger partial charge in [-0.2, -0.15) is 5.26 Å². The van der Waals surface area contributed by atoms with Gasteiger partial charge in [-0.15, -0.1) is 0 Å². The monoisotopic (exact) mass is 481 g/mol. The van der Waals surface area contributed by atoms with Gasteiger partial charge < -0.3 is 9.72 Å². The zero-order chi connectivity index (χ0) is 21.1. The molecule has 0 unspecified atom stereocenters. The summed E-state index contributed by atoms with van der Waals surface area (Å²) in [4.78, 5) is 7.39. The van der Waals surface area contributed by atoms with Crippen LogP contribution in [0.2, 0.25) is 5.02 Å². The summed E-state index contributed by atoms with van der Waals surface area (Å²) in [6.45, 7) is 0.353. The number of halogens is 3. The zero-order valence-electron chi connectivity index (χ0n) is 15.5. The van der Waals surface area contributed by atoms with Gasteiger partial charge in [-0.25, -0.2) is 9.37 Å². The topological polar surface area (TPSA) is 61.7 Å². The van der Waals surface area contributed by atoms with E-state index in [2.05, 4.69) is 32.0 Å². The molecule has 1 heterocycles. The number of nitrogens with one attached hydrogen (secondary N) is 1. The van der Waals surface area contributed by atoms with Crippen LogP contribution in [0.1, 0.15) is 17.0 Å². The predicted octanol–water partition coefficient (Wildman–Crippen LogP) is 6.76. The number of ether oxygens (including phenoxy) is 1. The van der Waals surface area contributed by atoms with Crippen molar-refractivity contribution in [3.63, 3.8) is 0 Å². The Morgan fingerprint density at radius 1 is 1.17 bits per heavy atom. The van der Waals surface area contributed by atoms with E-state index >= 15 is 0 Å². The molecule has 4 rings (SSSR count). The van der Waals surface area contributed by atoms with Crippen molar-refractivity contribution in [3.8, 4) is 11.8 Å². The second kappa shape index (κ2) is 8.70. The lowest BCUT2D eigenvalue weighted by molar-refractivity contribution is 0.305. The average Bonchev–Trinajstić information content (AvgIpc) is 3.15. The van der Waals surface area contributed by atoms with Gasteiger partial charge in [0.1, 0.15) is 30.1 Å². The molecule has 0 radical (unpaired) electrons. The summed E-state index contributed by atoms with van der Waals surface area (Å²) in [7, 11) is 0. The van der Waals surface area contributed by atoms with E-state index in [-0.39, 0.29) is 5.82 Å². The predicted molar refractivity (Wildman–Crippen MR) is 119 cm³/mol. The molecule has 3 aromatic carbocycles. The van der Waals surface area contributed by atoms with Crippen LogP contribution >= 0.6 is 27.5 Å². The van der Waals surface area contributed by atoms with Crippen LogP contribution in [0.25, 0.3) is 22.7 Å². The number of hydrogen-bond acceptors (Lipinski definition) is 3. The fourth-order valence-electron chi connectivity index (χ4n) is 2.92. The maximum absolute atomic E-state index is 13.5. The summed E-state index contributed by atoms with van der Waals surface area (Å²) in [6, 6.07) is 19.4. The van der Waals surface area contributed by atoms with Crippen molar-refractivity contribution in [2.24, 2.45) is 0 Å². The minimum absolute atomic E-state index is 0.307. The minimum Gasteiger partial charge on any atom is -0.488 e. The molecule has 0 saturated carbocycles. The number of H-pyrrole nitrogens is 1. The van der Waals surface area contributed by atoms with E-state index in [1.165, 1.54) is 12.1 Å². The van der Waals surface area contributed by atoms with Gasteiger partial charge in [0.25, 0.3) is 0 Å². The first-order valence-electron chi connectivity index (χ1n) is 8.96. The molecule has 30 heavy (non-hydrogen) atoms. The third-order valence-electron chi connectivity index (χ3n) is 4.40. The van der Waals surface area contributed by atoms with Crippen molar-refractivity contribution in [2.45, 2.75) is 6.61 Å². The van der Waals surface area contributed by atoms with Crippen molar-refractivity contribution >= 4 is 50.2 Å². The van der Waals surface area contributed by atoms with Crippen LogP contribution in [0.5, 0.6) is 5.75 Å². The number of benzene rings is 3. The second-order valence-corrected chi connectivity index (χ2v) is 7.87. The number of allylic oxidation sites excluding steroid dienone is 1. The Hall–Kier alpha value is -3.14. The van der Waals surface area contributed by atoms with E-state index < -0.39 is 0 Å². The van der Waals surface area contributed by atoms with E-state index in [0.29, 0.717) is 45.4 Å². The molecule has 7 heteroatoms. The molecule has 0 bridgehead atoms. The smallest absolute Gasteiger partial charge is 0.149 e. The van der Waals surface area contributed by atoms with Crippen molar-refractivity contribution in [1.82, 2.24) is 9.97 Å². The summed E-state index contributed by atoms with van der Waals surface area (Å²) in [6.07, 6.45) is 1.69. The summed E-state index contributed by atoms with van der Waals surface area (Å²) in [5, 5.41) is 10.4. The zero-order valence-corrected chi connectivity index (χ0v) is 17.8. The molecule has 1 N–H and O–H groups in total. The molecular formula is C23H14BrClFN3O. The highest BCUT2D eigenvalue weighted by atomic mass is 79.9. The highest BCUT2D eigenvalue weighted by molar-refractivity contribution is 9.10. The number of fused-ring (bicyclic) bond motifs is 1. The van der Waals surface area contributed by atoms with Crippen molar-refractivity contribution in [2.75, 3.05) is 0 Å². The first-order valence-corrected chi connectivity index (χ1v) is 10.1. The summed E-state index contributed by atoms with van der Waals surface area (Å²) < 4.78 is 20.3. The van der Waals surface area contributed by atoms with Crippen LogP contribution in [0.4, 0.5) is 4.39 Å². The summed E-state index contributed by atoms with van der Waals surface area (Å²) in [5.74, 6) is 0.606. The molecule has 0 aliphatic carbocycles. The fourth-order valence-corrected chi connectivity index (χ4v) is 3.43. The van der Waals surface area contributed by atoms with Crippen LogP contribution in [0, 0.1) is 17.1 Å². The number of hydrogen-bond donors (Lipinski definition) is 1. The van der Waals surface area contributed by atoms with Gasteiger partial charge >= 0.3 is 0 Å². The lowest BCUT2D eigenvalue weighted by Gasteiger charge is -2.10. The first kappa shape index (κ1) is 20.1. The molecule has 148 valence electrons. The molecule has 0 fully saturated rings. The molecule has 0 saturated heterocycles. The molecule has 1 aromatic heterocycles. The van der Waals surface area contributed by atoms with Crippen LogP contribution < -0.4 is 4.74 Å². The Labute approximate surface area is 185 Å². The maximum atomic E-state index is 13.5. The lowest BCUT2D eigenvalue weighted by atomic mass is 10.1.